The maximum Gasteiger partial charge on any atom is 0.483 e. The summed E-state index contributed by atoms with van der Waals surface area (Å²) in [7, 11) is -7.26. The largest absolute Gasteiger partial charge is 0.743 e. The van der Waals surface area contributed by atoms with Crippen LogP contribution in [0.1, 0.15) is 5.56 Å². The van der Waals surface area contributed by atoms with E-state index in [1.54, 1.807) is 0 Å². The molecule has 15 heteroatoms. The average Bonchev–Trinajstić information content (AvgIpc) is 2.80. The zero-order valence-electron chi connectivity index (χ0n) is 18.9. The Kier molecular flexibility index (Phi) is 9.57. The molecule has 0 radical (unpaired) electrons. The van der Waals surface area contributed by atoms with Crippen LogP contribution >= 0.6 is 0 Å². The fourth-order valence-electron chi connectivity index (χ4n) is 2.71. The van der Waals surface area contributed by atoms with Gasteiger partial charge in [0, 0.05) is 5.56 Å². The first-order valence-corrected chi connectivity index (χ1v) is 12.7. The fraction of sp³-hybridized carbons (Fsp3) is 0.217. The van der Waals surface area contributed by atoms with Gasteiger partial charge in [-0.25, -0.2) is 13.2 Å². The van der Waals surface area contributed by atoms with Gasteiger partial charge in [0.05, 0.1) is 10.9 Å². The topological polar surface area (TPSA) is 66.4 Å². The lowest BCUT2D eigenvalue weighted by atomic mass is 10.2. The molecule has 0 saturated heterocycles. The highest BCUT2D eigenvalue weighted by atomic mass is 32.2. The zero-order chi connectivity index (χ0) is 29.0. The highest BCUT2D eigenvalue weighted by Crippen LogP contribution is 2.47. The highest BCUT2D eigenvalue weighted by molar-refractivity contribution is 7.97. The monoisotopic (exact) mass is 592 g/mol. The lowest BCUT2D eigenvalue weighted by Gasteiger charge is -2.31. The van der Waals surface area contributed by atoms with E-state index < -0.39 is 33.8 Å². The minimum atomic E-state index is -7.24. The van der Waals surface area contributed by atoms with Crippen LogP contribution in [0.2, 0.25) is 0 Å². The Morgan fingerprint density at radius 1 is 0.658 bits per heavy atom. The zero-order valence-corrected chi connectivity index (χ0v) is 20.6. The van der Waals surface area contributed by atoms with Crippen LogP contribution in [0.25, 0.3) is 0 Å². The van der Waals surface area contributed by atoms with Gasteiger partial charge in [-0.05, 0) is 37.3 Å². The van der Waals surface area contributed by atoms with Crippen molar-refractivity contribution in [2.24, 2.45) is 0 Å². The first-order valence-electron chi connectivity index (χ1n) is 10.1. The molecule has 0 amide bonds. The number of aryl methyl sites for hydroxylation is 1. The third kappa shape index (κ3) is 7.21. The highest BCUT2D eigenvalue weighted by Gasteiger charge is 2.72. The van der Waals surface area contributed by atoms with Crippen molar-refractivity contribution in [2.45, 2.75) is 45.3 Å². The lowest BCUT2D eigenvalue weighted by Crippen LogP contribution is -2.54. The Morgan fingerprint density at radius 3 is 1.42 bits per heavy atom. The minimum absolute atomic E-state index is 0.0262. The molecular weight excluding hydrogens is 575 g/mol. The molecule has 0 N–H and O–H groups in total. The third-order valence-corrected chi connectivity index (χ3v) is 7.76. The number of rotatable bonds is 7. The summed E-state index contributed by atoms with van der Waals surface area (Å²) in [6.45, 7) is 2.20. The number of alkyl halides is 9. The van der Waals surface area contributed by atoms with E-state index in [1.165, 1.54) is 25.0 Å². The molecule has 3 aromatic carbocycles. The molecule has 4 nitrogen and oxygen atoms in total. The molecule has 3 rings (SSSR count). The summed E-state index contributed by atoms with van der Waals surface area (Å²) in [5.41, 5.74) is 1.35. The van der Waals surface area contributed by atoms with Crippen molar-refractivity contribution < 1.29 is 57.2 Å². The molecular formula is C23H17F9O4S2. The van der Waals surface area contributed by atoms with Crippen LogP contribution in [0.3, 0.4) is 0 Å². The van der Waals surface area contributed by atoms with Gasteiger partial charge < -0.3 is 4.55 Å². The van der Waals surface area contributed by atoms with Crippen LogP contribution in [0, 0.1) is 6.92 Å². The molecule has 0 atom stereocenters. The van der Waals surface area contributed by atoms with E-state index in [4.69, 9.17) is 0 Å². The molecule has 0 bridgehead atoms. The number of hydrogen-bond donors (Lipinski definition) is 0. The molecule has 0 saturated carbocycles. The maximum absolute atomic E-state index is 12.2. The van der Waals surface area contributed by atoms with E-state index in [-0.39, 0.29) is 10.9 Å². The smallest absolute Gasteiger partial charge is 0.483 e. The summed E-state index contributed by atoms with van der Waals surface area (Å²) in [6, 6.07) is 30.2. The van der Waals surface area contributed by atoms with Gasteiger partial charge in [-0.2, -0.15) is 39.5 Å². The van der Waals surface area contributed by atoms with Gasteiger partial charge >= 0.3 is 23.6 Å². The van der Waals surface area contributed by atoms with Gasteiger partial charge in [0.2, 0.25) is 0 Å². The number of halogens is 9. The Balaban J connectivity index is 0.000000269. The van der Waals surface area contributed by atoms with Crippen molar-refractivity contribution in [2.75, 3.05) is 0 Å². The summed E-state index contributed by atoms with van der Waals surface area (Å²) in [5.74, 6) is 0. The summed E-state index contributed by atoms with van der Waals surface area (Å²) in [4.78, 5) is 4.14. The molecule has 0 fully saturated rings. The van der Waals surface area contributed by atoms with Gasteiger partial charge in [-0.1, -0.05) is 54.6 Å². The first-order chi connectivity index (χ1) is 17.3. The van der Waals surface area contributed by atoms with Gasteiger partial charge in [-0.3, -0.25) is 0 Å². The molecule has 0 heterocycles. The van der Waals surface area contributed by atoms with Crippen LogP contribution in [0.5, 0.6) is 0 Å². The second kappa shape index (κ2) is 11.6. The maximum atomic E-state index is 12.2. The second-order valence-corrected chi connectivity index (χ2v) is 10.7. The molecule has 0 aliphatic carbocycles. The molecule has 0 spiro atoms. The summed E-state index contributed by atoms with van der Waals surface area (Å²) in [5, 5.41) is -6.81. The average molecular weight is 593 g/mol. The standard InChI is InChI=1S/C19H17S.C4HF9O4S/c1-16-10-8-9-15-19(16)20(17-11-4-2-5-12-17)18-13-6-3-7-14-18;5-1(6,7)2(8,9)17-3(10,11)4(12,13)18(14,15)16/h2-15H,1H3;(H,14,15,16)/q+1;/p-1. The number of ether oxygens (including phenoxy) is 1. The van der Waals surface area contributed by atoms with E-state index in [0.717, 1.165) is 0 Å². The van der Waals surface area contributed by atoms with Crippen LogP contribution in [-0.2, 0) is 25.7 Å². The van der Waals surface area contributed by atoms with Crippen LogP contribution in [0.4, 0.5) is 39.5 Å². The summed E-state index contributed by atoms with van der Waals surface area (Å²) < 4.78 is 137. The predicted octanol–water partition coefficient (Wildman–Crippen LogP) is 6.98. The van der Waals surface area contributed by atoms with E-state index in [2.05, 4.69) is 91.9 Å². The molecule has 0 aromatic heterocycles. The predicted molar refractivity (Wildman–Crippen MR) is 118 cm³/mol. The van der Waals surface area contributed by atoms with Gasteiger partial charge in [0.1, 0.15) is 0 Å². The van der Waals surface area contributed by atoms with Crippen LogP contribution in [0.15, 0.2) is 99.6 Å². The minimum Gasteiger partial charge on any atom is -0.743 e. The number of hydrogen-bond acceptors (Lipinski definition) is 4. The summed E-state index contributed by atoms with van der Waals surface area (Å²) >= 11 is 0. The molecule has 208 valence electrons. The lowest BCUT2D eigenvalue weighted by molar-refractivity contribution is -0.476. The quantitative estimate of drug-likeness (QED) is 0.169. The number of benzene rings is 3. The summed E-state index contributed by atoms with van der Waals surface area (Å²) in [6.07, 6.45) is -20.5. The van der Waals surface area contributed by atoms with Crippen molar-refractivity contribution in [3.05, 3.63) is 90.5 Å². The molecule has 0 aliphatic heterocycles. The van der Waals surface area contributed by atoms with E-state index in [1.807, 2.05) is 0 Å². The molecule has 0 unspecified atom stereocenters. The Hall–Kier alpha value is -2.75. The van der Waals surface area contributed by atoms with E-state index in [0.29, 0.717) is 0 Å². The van der Waals surface area contributed by atoms with E-state index >= 15 is 0 Å². The van der Waals surface area contributed by atoms with Crippen molar-refractivity contribution in [1.82, 2.24) is 0 Å². The Bertz CT molecular complexity index is 1260. The van der Waals surface area contributed by atoms with Crippen LogP contribution in [-0.4, -0.2) is 36.6 Å². The van der Waals surface area contributed by atoms with Crippen molar-refractivity contribution in [1.29, 1.82) is 0 Å². The Morgan fingerprint density at radius 2 is 1.05 bits per heavy atom. The van der Waals surface area contributed by atoms with Crippen molar-refractivity contribution >= 4 is 21.0 Å². The van der Waals surface area contributed by atoms with Crippen molar-refractivity contribution in [3.8, 4) is 0 Å². The molecule has 3 aromatic rings. The van der Waals surface area contributed by atoms with E-state index in [9.17, 15) is 52.5 Å². The molecule has 0 aliphatic rings. The first kappa shape index (κ1) is 31.5. The van der Waals surface area contributed by atoms with Gasteiger partial charge in [-0.15, -0.1) is 0 Å². The Labute approximate surface area is 214 Å². The fourth-order valence-corrected chi connectivity index (χ4v) is 5.29. The van der Waals surface area contributed by atoms with Crippen LogP contribution < -0.4 is 0 Å². The normalized spacial score (nSPS) is 13.2. The molecule has 38 heavy (non-hydrogen) atoms. The SMILES string of the molecule is Cc1ccccc1[S+](c1ccccc1)c1ccccc1.O=S(=O)([O-])C(F)(F)C(F)(F)OC(F)(F)C(F)(F)F. The van der Waals surface area contributed by atoms with Gasteiger partial charge in [0.25, 0.3) is 0 Å². The van der Waals surface area contributed by atoms with Crippen molar-refractivity contribution in [3.63, 3.8) is 0 Å². The van der Waals surface area contributed by atoms with Gasteiger partial charge in [0.15, 0.2) is 24.8 Å². The second-order valence-electron chi connectivity index (χ2n) is 7.30. The third-order valence-electron chi connectivity index (χ3n) is 4.51.